The molecule has 4 heteroatoms. The maximum absolute atomic E-state index is 10.7. The van der Waals surface area contributed by atoms with E-state index in [9.17, 15) is 4.79 Å². The Labute approximate surface area is 88.9 Å². The Hall–Kier alpha value is -1.55. The molecular weight excluding hydrogens is 194 g/mol. The Morgan fingerprint density at radius 1 is 1.40 bits per heavy atom. The standard InChI is InChI=1S/C11H15NO3/c1-9-2-4-10(5-3-9)15-7-6-12-11(14)8-13/h2-5,13H,6-8H2,1H3,(H,12,14). The molecule has 2 N–H and O–H groups in total. The number of hydrogen-bond donors (Lipinski definition) is 2. The van der Waals surface area contributed by atoms with Crippen molar-refractivity contribution >= 4 is 5.91 Å². The van der Waals surface area contributed by atoms with E-state index in [1.807, 2.05) is 31.2 Å². The normalized spacial score (nSPS) is 9.73. The number of aryl methyl sites for hydroxylation is 1. The number of carbonyl (C=O) groups is 1. The van der Waals surface area contributed by atoms with Crippen LogP contribution in [-0.4, -0.2) is 30.8 Å². The average Bonchev–Trinajstić information content (AvgIpc) is 2.26. The van der Waals surface area contributed by atoms with Crippen molar-refractivity contribution in [1.82, 2.24) is 5.32 Å². The van der Waals surface area contributed by atoms with Crippen molar-refractivity contribution in [3.8, 4) is 5.75 Å². The second-order valence-corrected chi connectivity index (χ2v) is 3.17. The Balaban J connectivity index is 2.20. The van der Waals surface area contributed by atoms with E-state index in [2.05, 4.69) is 5.32 Å². The molecule has 82 valence electrons. The summed E-state index contributed by atoms with van der Waals surface area (Å²) in [5.41, 5.74) is 1.18. The Kier molecular flexibility index (Phi) is 4.63. The lowest BCUT2D eigenvalue weighted by molar-refractivity contribution is -0.123. The summed E-state index contributed by atoms with van der Waals surface area (Å²) >= 11 is 0. The lowest BCUT2D eigenvalue weighted by Crippen LogP contribution is -2.30. The fourth-order valence-electron chi connectivity index (χ4n) is 1.05. The van der Waals surface area contributed by atoms with Gasteiger partial charge in [-0.2, -0.15) is 0 Å². The number of ether oxygens (including phenoxy) is 1. The zero-order chi connectivity index (χ0) is 11.1. The first-order chi connectivity index (χ1) is 7.22. The van der Waals surface area contributed by atoms with Gasteiger partial charge in [0.2, 0.25) is 5.91 Å². The van der Waals surface area contributed by atoms with Crippen molar-refractivity contribution in [1.29, 1.82) is 0 Å². The maximum Gasteiger partial charge on any atom is 0.245 e. The van der Waals surface area contributed by atoms with E-state index in [0.717, 1.165) is 5.75 Å². The molecule has 0 bridgehead atoms. The minimum Gasteiger partial charge on any atom is -0.492 e. The molecule has 0 heterocycles. The van der Waals surface area contributed by atoms with E-state index in [-0.39, 0.29) is 5.91 Å². The molecule has 0 saturated heterocycles. The number of aliphatic hydroxyl groups is 1. The molecule has 0 aliphatic rings. The van der Waals surface area contributed by atoms with Crippen LogP contribution in [0.3, 0.4) is 0 Å². The highest BCUT2D eigenvalue weighted by Gasteiger charge is 1.97. The molecule has 0 aromatic heterocycles. The highest BCUT2D eigenvalue weighted by atomic mass is 16.5. The minimum absolute atomic E-state index is 0.387. The molecule has 0 radical (unpaired) electrons. The first kappa shape index (κ1) is 11.5. The number of hydrogen-bond acceptors (Lipinski definition) is 3. The largest absolute Gasteiger partial charge is 0.492 e. The van der Waals surface area contributed by atoms with Crippen LogP contribution in [0, 0.1) is 6.92 Å². The number of carbonyl (C=O) groups excluding carboxylic acids is 1. The molecule has 0 fully saturated rings. The first-order valence-corrected chi connectivity index (χ1v) is 4.79. The summed E-state index contributed by atoms with van der Waals surface area (Å²) in [5, 5.41) is 10.9. The van der Waals surface area contributed by atoms with Gasteiger partial charge in [-0.05, 0) is 19.1 Å². The average molecular weight is 209 g/mol. The van der Waals surface area contributed by atoms with Crippen molar-refractivity contribution in [2.24, 2.45) is 0 Å². The molecule has 1 rings (SSSR count). The molecule has 1 aromatic rings. The van der Waals surface area contributed by atoms with Crippen LogP contribution in [0.2, 0.25) is 0 Å². The molecule has 1 aromatic carbocycles. The van der Waals surface area contributed by atoms with Gasteiger partial charge in [0.15, 0.2) is 0 Å². The molecule has 0 aliphatic carbocycles. The van der Waals surface area contributed by atoms with Crippen LogP contribution < -0.4 is 10.1 Å². The van der Waals surface area contributed by atoms with E-state index in [1.165, 1.54) is 5.56 Å². The van der Waals surface area contributed by atoms with Crippen LogP contribution in [0.25, 0.3) is 0 Å². The quantitative estimate of drug-likeness (QED) is 0.693. The molecule has 15 heavy (non-hydrogen) atoms. The number of rotatable bonds is 5. The molecule has 0 unspecified atom stereocenters. The summed E-state index contributed by atoms with van der Waals surface area (Å²) in [6.07, 6.45) is 0. The second-order valence-electron chi connectivity index (χ2n) is 3.17. The molecule has 0 spiro atoms. The Bertz CT molecular complexity index is 308. The van der Waals surface area contributed by atoms with Gasteiger partial charge < -0.3 is 15.2 Å². The second kappa shape index (κ2) is 6.03. The van der Waals surface area contributed by atoms with Gasteiger partial charge in [-0.25, -0.2) is 0 Å². The first-order valence-electron chi connectivity index (χ1n) is 4.79. The number of aliphatic hydroxyl groups excluding tert-OH is 1. The van der Waals surface area contributed by atoms with Crippen LogP contribution in [0.4, 0.5) is 0 Å². The minimum atomic E-state index is -0.482. The van der Waals surface area contributed by atoms with Crippen LogP contribution in [-0.2, 0) is 4.79 Å². The van der Waals surface area contributed by atoms with Crippen molar-refractivity contribution in [3.05, 3.63) is 29.8 Å². The molecule has 0 atom stereocenters. The summed E-state index contributed by atoms with van der Waals surface area (Å²) < 4.78 is 5.36. The lowest BCUT2D eigenvalue weighted by atomic mass is 10.2. The van der Waals surface area contributed by atoms with Crippen molar-refractivity contribution in [2.45, 2.75) is 6.92 Å². The summed E-state index contributed by atoms with van der Waals surface area (Å²) in [4.78, 5) is 10.7. The van der Waals surface area contributed by atoms with E-state index in [0.29, 0.717) is 13.2 Å². The molecular formula is C11H15NO3. The molecule has 0 aliphatic heterocycles. The monoisotopic (exact) mass is 209 g/mol. The highest BCUT2D eigenvalue weighted by molar-refractivity contribution is 5.76. The smallest absolute Gasteiger partial charge is 0.245 e. The van der Waals surface area contributed by atoms with Crippen molar-refractivity contribution < 1.29 is 14.6 Å². The topological polar surface area (TPSA) is 58.6 Å². The van der Waals surface area contributed by atoms with E-state index in [1.54, 1.807) is 0 Å². The van der Waals surface area contributed by atoms with Gasteiger partial charge in [-0.3, -0.25) is 4.79 Å². The van der Waals surface area contributed by atoms with Gasteiger partial charge in [0.05, 0.1) is 6.54 Å². The van der Waals surface area contributed by atoms with Crippen LogP contribution >= 0.6 is 0 Å². The maximum atomic E-state index is 10.7. The predicted octanol–water partition coefficient (Wildman–Crippen LogP) is 0.482. The van der Waals surface area contributed by atoms with Crippen LogP contribution in [0.5, 0.6) is 5.75 Å². The van der Waals surface area contributed by atoms with E-state index in [4.69, 9.17) is 9.84 Å². The third kappa shape index (κ3) is 4.46. The molecule has 0 saturated carbocycles. The van der Waals surface area contributed by atoms with E-state index < -0.39 is 6.61 Å². The number of nitrogens with one attached hydrogen (secondary N) is 1. The Morgan fingerprint density at radius 3 is 2.67 bits per heavy atom. The SMILES string of the molecule is Cc1ccc(OCCNC(=O)CO)cc1. The zero-order valence-corrected chi connectivity index (χ0v) is 8.69. The van der Waals surface area contributed by atoms with E-state index >= 15 is 0 Å². The highest BCUT2D eigenvalue weighted by Crippen LogP contribution is 2.10. The fourth-order valence-corrected chi connectivity index (χ4v) is 1.05. The van der Waals surface area contributed by atoms with Crippen molar-refractivity contribution in [2.75, 3.05) is 19.8 Å². The summed E-state index contributed by atoms with van der Waals surface area (Å²) in [6.45, 7) is 2.32. The fraction of sp³-hybridized carbons (Fsp3) is 0.364. The zero-order valence-electron chi connectivity index (χ0n) is 8.69. The van der Waals surface area contributed by atoms with Gasteiger partial charge in [-0.1, -0.05) is 17.7 Å². The number of benzene rings is 1. The van der Waals surface area contributed by atoms with Crippen LogP contribution in [0.15, 0.2) is 24.3 Å². The lowest BCUT2D eigenvalue weighted by Gasteiger charge is -2.06. The van der Waals surface area contributed by atoms with Gasteiger partial charge in [-0.15, -0.1) is 0 Å². The van der Waals surface area contributed by atoms with Crippen LogP contribution in [0.1, 0.15) is 5.56 Å². The molecule has 4 nitrogen and oxygen atoms in total. The van der Waals surface area contributed by atoms with Gasteiger partial charge in [0.25, 0.3) is 0 Å². The predicted molar refractivity (Wildman–Crippen MR) is 56.8 cm³/mol. The third-order valence-electron chi connectivity index (χ3n) is 1.86. The van der Waals surface area contributed by atoms with Gasteiger partial charge in [0, 0.05) is 0 Å². The number of amides is 1. The van der Waals surface area contributed by atoms with Crippen molar-refractivity contribution in [3.63, 3.8) is 0 Å². The summed E-state index contributed by atoms with van der Waals surface area (Å²) in [5.74, 6) is 0.390. The van der Waals surface area contributed by atoms with Gasteiger partial charge >= 0.3 is 0 Å². The molecule has 1 amide bonds. The third-order valence-corrected chi connectivity index (χ3v) is 1.86. The van der Waals surface area contributed by atoms with Gasteiger partial charge in [0.1, 0.15) is 19.0 Å². The summed E-state index contributed by atoms with van der Waals surface area (Å²) in [7, 11) is 0. The summed E-state index contributed by atoms with van der Waals surface area (Å²) in [6, 6.07) is 7.68. The Morgan fingerprint density at radius 2 is 2.07 bits per heavy atom.